The molecule has 2 fully saturated rings. The van der Waals surface area contributed by atoms with Crippen molar-refractivity contribution in [1.29, 1.82) is 0 Å². The molecule has 142 valence electrons. The number of likely N-dealkylation sites (N-methyl/N-ethyl adjacent to an activating group) is 2. The molecule has 1 N–H and O–H groups in total. The van der Waals surface area contributed by atoms with Crippen LogP contribution in [0.1, 0.15) is 12.5 Å². The first-order chi connectivity index (χ1) is 12.9. The summed E-state index contributed by atoms with van der Waals surface area (Å²) in [5.41, 5.74) is 2.88. The molecule has 27 heavy (non-hydrogen) atoms. The van der Waals surface area contributed by atoms with Crippen LogP contribution in [0.4, 0.5) is 4.79 Å². The van der Waals surface area contributed by atoms with Crippen LogP contribution in [0.3, 0.4) is 0 Å². The highest BCUT2D eigenvalue weighted by Crippen LogP contribution is 2.30. The van der Waals surface area contributed by atoms with Gasteiger partial charge >= 0.3 is 6.03 Å². The number of amides is 3. The number of hydrazone groups is 1. The number of urea groups is 1. The summed E-state index contributed by atoms with van der Waals surface area (Å²) in [5, 5.41) is 10.2. The Balaban J connectivity index is 1.73. The summed E-state index contributed by atoms with van der Waals surface area (Å²) < 4.78 is 0. The van der Waals surface area contributed by atoms with Crippen LogP contribution in [0.2, 0.25) is 0 Å². The smallest absolute Gasteiger partial charge is 0.310 e. The van der Waals surface area contributed by atoms with E-state index >= 15 is 0 Å². The maximum Gasteiger partial charge on any atom is 0.327 e. The molecule has 0 aliphatic carbocycles. The molecule has 3 unspecified atom stereocenters. The Morgan fingerprint density at radius 3 is 2.63 bits per heavy atom. The van der Waals surface area contributed by atoms with Gasteiger partial charge in [0.2, 0.25) is 0 Å². The molecule has 2 saturated heterocycles. The second kappa shape index (κ2) is 6.47. The highest BCUT2D eigenvalue weighted by Gasteiger charge is 2.55. The van der Waals surface area contributed by atoms with Gasteiger partial charge in [-0.1, -0.05) is 42.5 Å². The summed E-state index contributed by atoms with van der Waals surface area (Å²) in [5.74, 6) is -0.192. The molecule has 3 aliphatic rings. The number of carbonyl (C=O) groups is 2. The largest absolute Gasteiger partial charge is 0.327 e. The third kappa shape index (κ3) is 2.81. The fraction of sp³-hybridized carbons (Fsp3) is 0.421. The van der Waals surface area contributed by atoms with E-state index < -0.39 is 6.04 Å². The van der Waals surface area contributed by atoms with Crippen LogP contribution in [0.15, 0.2) is 47.6 Å². The number of carbonyl (C=O) groups excluding carboxylic acids is 2. The molecule has 8 nitrogen and oxygen atoms in total. The van der Waals surface area contributed by atoms with E-state index in [2.05, 4.69) is 16.8 Å². The second-order valence-corrected chi connectivity index (χ2v) is 7.36. The van der Waals surface area contributed by atoms with Gasteiger partial charge in [-0.05, 0) is 12.5 Å². The van der Waals surface area contributed by atoms with Gasteiger partial charge in [0.05, 0.1) is 12.3 Å². The first kappa shape index (κ1) is 17.7. The summed E-state index contributed by atoms with van der Waals surface area (Å²) >= 11 is 0. The minimum Gasteiger partial charge on any atom is -0.310 e. The second-order valence-electron chi connectivity index (χ2n) is 7.36. The number of benzene rings is 1. The summed E-state index contributed by atoms with van der Waals surface area (Å²) in [6.07, 6.45) is -0.654. The molecule has 0 bridgehead atoms. The van der Waals surface area contributed by atoms with Crippen LogP contribution in [0.25, 0.3) is 0 Å². The molecule has 4 rings (SSSR count). The molecule has 1 aromatic rings. The monoisotopic (exact) mass is 368 g/mol. The van der Waals surface area contributed by atoms with Crippen LogP contribution in [-0.2, 0) is 4.79 Å². The Morgan fingerprint density at radius 2 is 1.96 bits per heavy atom. The van der Waals surface area contributed by atoms with Crippen molar-refractivity contribution in [2.24, 2.45) is 5.10 Å². The highest BCUT2D eigenvalue weighted by atomic mass is 16.2. The number of hydrogen-bond acceptors (Lipinski definition) is 6. The van der Waals surface area contributed by atoms with E-state index in [1.807, 2.05) is 42.3 Å². The Bertz CT molecular complexity index is 823. The van der Waals surface area contributed by atoms with Gasteiger partial charge in [-0.2, -0.15) is 5.10 Å². The maximum atomic E-state index is 12.9. The Labute approximate surface area is 158 Å². The Morgan fingerprint density at radius 1 is 1.26 bits per heavy atom. The van der Waals surface area contributed by atoms with Gasteiger partial charge in [-0.15, -0.1) is 0 Å². The van der Waals surface area contributed by atoms with Crippen molar-refractivity contribution in [3.8, 4) is 0 Å². The first-order valence-corrected chi connectivity index (χ1v) is 8.98. The lowest BCUT2D eigenvalue weighted by Gasteiger charge is -2.41. The number of imide groups is 1. The average Bonchev–Trinajstić information content (AvgIpc) is 3.05. The Hall–Kier alpha value is -2.71. The van der Waals surface area contributed by atoms with E-state index in [1.165, 1.54) is 11.9 Å². The molecule has 3 amide bonds. The standard InChI is InChI=1S/C19H24N6O2/c1-12(2)10-25-18-20-16-15(17(26)23(4)19(27)22(16)3)24(18)11-14(21-25)13-8-6-5-7-9-13/h5-9,15-16,18,20H,1,10-11H2,2-4H3. The third-order valence-corrected chi connectivity index (χ3v) is 5.28. The van der Waals surface area contributed by atoms with Gasteiger partial charge in [-0.25, -0.2) is 9.69 Å². The van der Waals surface area contributed by atoms with Gasteiger partial charge in [-0.3, -0.25) is 20.0 Å². The van der Waals surface area contributed by atoms with E-state index in [-0.39, 0.29) is 24.4 Å². The Kier molecular flexibility index (Phi) is 4.24. The van der Waals surface area contributed by atoms with Crippen molar-refractivity contribution in [1.82, 2.24) is 25.0 Å². The predicted octanol–water partition coefficient (Wildman–Crippen LogP) is 0.690. The van der Waals surface area contributed by atoms with E-state index in [4.69, 9.17) is 5.10 Å². The molecule has 8 heteroatoms. The molecule has 1 aromatic carbocycles. The van der Waals surface area contributed by atoms with E-state index in [0.29, 0.717) is 13.1 Å². The van der Waals surface area contributed by atoms with Gasteiger partial charge in [0, 0.05) is 20.6 Å². The van der Waals surface area contributed by atoms with E-state index in [0.717, 1.165) is 16.8 Å². The molecule has 0 saturated carbocycles. The highest BCUT2D eigenvalue weighted by molar-refractivity contribution is 6.04. The van der Waals surface area contributed by atoms with Gasteiger partial charge in [0.15, 0.2) is 6.29 Å². The van der Waals surface area contributed by atoms with Crippen molar-refractivity contribution < 1.29 is 9.59 Å². The summed E-state index contributed by atoms with van der Waals surface area (Å²) in [6.45, 7) is 7.05. The zero-order chi connectivity index (χ0) is 19.3. The molecular formula is C19H24N6O2. The maximum absolute atomic E-state index is 12.9. The summed E-state index contributed by atoms with van der Waals surface area (Å²) in [7, 11) is 3.25. The van der Waals surface area contributed by atoms with Crippen molar-refractivity contribution >= 4 is 17.6 Å². The SMILES string of the molecule is C=C(C)CN1N=C(c2ccccc2)CN2C3C(=O)N(C)C(=O)N(C)C3NC12. The van der Waals surface area contributed by atoms with Gasteiger partial charge in [0.25, 0.3) is 5.91 Å². The number of rotatable bonds is 3. The van der Waals surface area contributed by atoms with Crippen LogP contribution in [-0.4, -0.2) is 83.0 Å². The van der Waals surface area contributed by atoms with E-state index in [9.17, 15) is 9.59 Å². The van der Waals surface area contributed by atoms with Crippen molar-refractivity contribution in [2.75, 3.05) is 27.2 Å². The fourth-order valence-electron chi connectivity index (χ4n) is 3.96. The van der Waals surface area contributed by atoms with Crippen LogP contribution in [0, 0.1) is 0 Å². The zero-order valence-corrected chi connectivity index (χ0v) is 15.8. The molecule has 3 heterocycles. The minimum atomic E-state index is -0.454. The quantitative estimate of drug-likeness (QED) is 0.795. The van der Waals surface area contributed by atoms with Crippen molar-refractivity contribution in [2.45, 2.75) is 25.4 Å². The first-order valence-electron chi connectivity index (χ1n) is 8.98. The minimum absolute atomic E-state index is 0.192. The molecule has 0 spiro atoms. The normalized spacial score (nSPS) is 28.2. The number of nitrogens with zero attached hydrogens (tertiary/aromatic N) is 5. The molecule has 3 aliphatic heterocycles. The third-order valence-electron chi connectivity index (χ3n) is 5.28. The summed E-state index contributed by atoms with van der Waals surface area (Å²) in [6, 6.07) is 9.20. The lowest BCUT2D eigenvalue weighted by Crippen LogP contribution is -2.65. The lowest BCUT2D eigenvalue weighted by molar-refractivity contribution is -0.137. The van der Waals surface area contributed by atoms with Crippen LogP contribution in [0.5, 0.6) is 0 Å². The topological polar surface area (TPSA) is 71.5 Å². The fourth-order valence-corrected chi connectivity index (χ4v) is 3.96. The molecular weight excluding hydrogens is 344 g/mol. The van der Waals surface area contributed by atoms with E-state index in [1.54, 1.807) is 11.9 Å². The number of hydrogen-bond donors (Lipinski definition) is 1. The zero-order valence-electron chi connectivity index (χ0n) is 15.8. The molecule has 3 atom stereocenters. The summed E-state index contributed by atoms with van der Waals surface area (Å²) in [4.78, 5) is 30.1. The van der Waals surface area contributed by atoms with Crippen molar-refractivity contribution in [3.05, 3.63) is 48.0 Å². The average molecular weight is 368 g/mol. The van der Waals surface area contributed by atoms with Gasteiger partial charge in [0.1, 0.15) is 12.2 Å². The van der Waals surface area contributed by atoms with Crippen LogP contribution < -0.4 is 5.32 Å². The van der Waals surface area contributed by atoms with Gasteiger partial charge < -0.3 is 4.90 Å². The van der Waals surface area contributed by atoms with Crippen molar-refractivity contribution in [3.63, 3.8) is 0 Å². The molecule has 0 aromatic heterocycles. The van der Waals surface area contributed by atoms with Crippen LogP contribution >= 0.6 is 0 Å². The molecule has 0 radical (unpaired) electrons. The number of nitrogens with one attached hydrogen (secondary N) is 1. The number of fused-ring (bicyclic) bond motifs is 3. The predicted molar refractivity (Wildman–Crippen MR) is 102 cm³/mol. The lowest BCUT2D eigenvalue weighted by atomic mass is 10.1.